The highest BCUT2D eigenvalue weighted by Gasteiger charge is 2.16. The van der Waals surface area contributed by atoms with E-state index in [1.54, 1.807) is 30.3 Å². The fraction of sp³-hybridized carbons (Fsp3) is 0.348. The van der Waals surface area contributed by atoms with E-state index in [0.29, 0.717) is 29.2 Å². The van der Waals surface area contributed by atoms with E-state index in [1.165, 1.54) is 6.21 Å². The van der Waals surface area contributed by atoms with Crippen LogP contribution in [0.3, 0.4) is 0 Å². The second kappa shape index (κ2) is 9.37. The number of carbonyl (C=O) groups is 2. The van der Waals surface area contributed by atoms with Crippen molar-refractivity contribution in [3.63, 3.8) is 0 Å². The number of hydrogen-bond donors (Lipinski definition) is 1. The average Bonchev–Trinajstić information content (AvgIpc) is 2.65. The number of carboxylic acids is 1. The molecule has 0 heterocycles. The summed E-state index contributed by atoms with van der Waals surface area (Å²) in [6, 6.07) is 12.3. The normalized spacial score (nSPS) is 11.9. The Morgan fingerprint density at radius 3 is 2.34 bits per heavy atom. The number of carboxylic acid groups (broad SMARTS) is 1. The van der Waals surface area contributed by atoms with E-state index in [4.69, 9.17) is 9.84 Å². The van der Waals surface area contributed by atoms with Crippen LogP contribution in [0.2, 0.25) is 0 Å². The number of Topliss-reactive ketones (excluding diaryl/α,β-unsaturated/α-hetero) is 1. The lowest BCUT2D eigenvalue weighted by molar-refractivity contribution is -0.354. The van der Waals surface area contributed by atoms with Gasteiger partial charge in [-0.3, -0.25) is 4.79 Å². The molecule has 6 nitrogen and oxygen atoms in total. The summed E-state index contributed by atoms with van der Waals surface area (Å²) in [6.45, 7) is 8.75. The van der Waals surface area contributed by atoms with Crippen LogP contribution in [0.5, 0.6) is 5.75 Å². The Bertz CT molecular complexity index is 908. The first kappa shape index (κ1) is 22.1. The van der Waals surface area contributed by atoms with Crippen molar-refractivity contribution in [3.8, 4) is 5.75 Å². The number of carbonyl (C=O) groups excluding carboxylic acids is 1. The zero-order valence-electron chi connectivity index (χ0n) is 17.3. The lowest BCUT2D eigenvalue weighted by Gasteiger charge is -2.18. The summed E-state index contributed by atoms with van der Waals surface area (Å²) in [5, 5.41) is 21.5. The van der Waals surface area contributed by atoms with Crippen molar-refractivity contribution in [1.82, 2.24) is 0 Å². The Balaban J connectivity index is 2.35. The molecule has 0 spiro atoms. The first-order valence-corrected chi connectivity index (χ1v) is 9.55. The van der Waals surface area contributed by atoms with E-state index in [9.17, 15) is 14.8 Å². The van der Waals surface area contributed by atoms with E-state index in [1.807, 2.05) is 19.1 Å². The van der Waals surface area contributed by atoms with Crippen LogP contribution in [0.25, 0.3) is 0 Å². The quantitative estimate of drug-likeness (QED) is 0.237. The van der Waals surface area contributed by atoms with Gasteiger partial charge in [0.15, 0.2) is 6.21 Å². The molecule has 1 N–H and O–H groups in total. The van der Waals surface area contributed by atoms with Gasteiger partial charge >= 0.3 is 5.97 Å². The van der Waals surface area contributed by atoms with Crippen molar-refractivity contribution in [1.29, 1.82) is 0 Å². The van der Waals surface area contributed by atoms with Gasteiger partial charge in [-0.2, -0.15) is 4.74 Å². The first-order valence-electron chi connectivity index (χ1n) is 9.55. The van der Waals surface area contributed by atoms with Gasteiger partial charge in [0.05, 0.1) is 6.61 Å². The molecule has 0 aromatic heterocycles. The molecule has 0 aliphatic heterocycles. The van der Waals surface area contributed by atoms with E-state index in [2.05, 4.69) is 20.8 Å². The average molecular weight is 397 g/mol. The van der Waals surface area contributed by atoms with Crippen molar-refractivity contribution >= 4 is 23.7 Å². The molecule has 2 rings (SSSR count). The van der Waals surface area contributed by atoms with Crippen LogP contribution in [0.15, 0.2) is 42.5 Å². The number of aliphatic carboxylic acids is 1. The third-order valence-electron chi connectivity index (χ3n) is 4.32. The van der Waals surface area contributed by atoms with E-state index in [0.717, 1.165) is 16.7 Å². The summed E-state index contributed by atoms with van der Waals surface area (Å²) < 4.78 is 6.36. The zero-order valence-corrected chi connectivity index (χ0v) is 17.3. The third kappa shape index (κ3) is 6.45. The van der Waals surface area contributed by atoms with Crippen LogP contribution in [-0.4, -0.2) is 34.4 Å². The molecule has 0 bridgehead atoms. The van der Waals surface area contributed by atoms with Crippen molar-refractivity contribution in [2.24, 2.45) is 0 Å². The Morgan fingerprint density at radius 1 is 1.14 bits per heavy atom. The van der Waals surface area contributed by atoms with Crippen molar-refractivity contribution < 1.29 is 24.2 Å². The van der Waals surface area contributed by atoms with Gasteiger partial charge in [-0.1, -0.05) is 39.8 Å². The highest BCUT2D eigenvalue weighted by Crippen LogP contribution is 2.24. The maximum absolute atomic E-state index is 12.6. The fourth-order valence-electron chi connectivity index (χ4n) is 2.75. The minimum absolute atomic E-state index is 0.00745. The summed E-state index contributed by atoms with van der Waals surface area (Å²) in [4.78, 5) is 22.4. The molecule has 0 radical (unpaired) electrons. The summed E-state index contributed by atoms with van der Waals surface area (Å²) in [5.74, 6) is -1.91. The van der Waals surface area contributed by atoms with Crippen molar-refractivity contribution in [2.75, 3.05) is 6.61 Å². The Morgan fingerprint density at radius 2 is 1.79 bits per heavy atom. The smallest absolute Gasteiger partial charge is 0.372 e. The van der Waals surface area contributed by atoms with Crippen LogP contribution in [0.4, 0.5) is 5.69 Å². The zero-order chi connectivity index (χ0) is 21.6. The van der Waals surface area contributed by atoms with Crippen LogP contribution >= 0.6 is 0 Å². The summed E-state index contributed by atoms with van der Waals surface area (Å²) in [5.41, 5.74) is 2.60. The number of ether oxygens (including phenoxy) is 1. The summed E-state index contributed by atoms with van der Waals surface area (Å²) >= 11 is 0. The number of nitrogens with zero attached hydrogens (tertiary/aromatic N) is 1. The predicted octanol–water partition coefficient (Wildman–Crippen LogP) is 4.23. The largest absolute Gasteiger partial charge is 0.618 e. The molecule has 29 heavy (non-hydrogen) atoms. The van der Waals surface area contributed by atoms with E-state index < -0.39 is 11.8 Å². The molecule has 0 unspecified atom stereocenters. The lowest BCUT2D eigenvalue weighted by Crippen LogP contribution is -2.15. The van der Waals surface area contributed by atoms with Gasteiger partial charge in [0.25, 0.3) is 0 Å². The van der Waals surface area contributed by atoms with Crippen molar-refractivity contribution in [3.05, 3.63) is 64.4 Å². The summed E-state index contributed by atoms with van der Waals surface area (Å²) in [7, 11) is 0. The SMILES string of the molecule is CCCOc1cc(/C=[N+](\[O-])c2ccc(C(C)(C)C)cc2)cc(CC(=O)C(=O)O)c1. The minimum Gasteiger partial charge on any atom is -0.618 e. The molecule has 0 aliphatic carbocycles. The number of hydrogen-bond acceptors (Lipinski definition) is 4. The second-order valence-corrected chi connectivity index (χ2v) is 7.92. The number of benzene rings is 2. The maximum atomic E-state index is 12.6. The standard InChI is InChI=1S/C23H27NO5/c1-5-10-29-20-12-16(14-21(25)22(26)27)11-17(13-20)15-24(28)19-8-6-18(7-9-19)23(2,3)4/h6-9,11-13,15H,5,10,14H2,1-4H3,(H,26,27)/b24-15-. The fourth-order valence-corrected chi connectivity index (χ4v) is 2.75. The van der Waals surface area contributed by atoms with Crippen LogP contribution in [0.1, 0.15) is 50.8 Å². The van der Waals surface area contributed by atoms with Crippen LogP contribution < -0.4 is 4.74 Å². The van der Waals surface area contributed by atoms with Crippen molar-refractivity contribution in [2.45, 2.75) is 46.0 Å². The van der Waals surface area contributed by atoms with Gasteiger partial charge in [-0.15, -0.1) is 0 Å². The molecule has 0 saturated heterocycles. The molecule has 0 aliphatic rings. The molecule has 0 fully saturated rings. The monoisotopic (exact) mass is 397 g/mol. The molecule has 154 valence electrons. The molecule has 2 aromatic carbocycles. The van der Waals surface area contributed by atoms with Gasteiger partial charge in [0, 0.05) is 24.1 Å². The van der Waals surface area contributed by atoms with Gasteiger partial charge in [0.1, 0.15) is 5.75 Å². The molecular formula is C23H27NO5. The highest BCUT2D eigenvalue weighted by atomic mass is 16.5. The molecule has 0 amide bonds. The summed E-state index contributed by atoms with van der Waals surface area (Å²) in [6.07, 6.45) is 1.92. The van der Waals surface area contributed by atoms with Gasteiger partial charge in [-0.05, 0) is 41.2 Å². The third-order valence-corrected chi connectivity index (χ3v) is 4.32. The molecule has 0 atom stereocenters. The Labute approximate surface area is 171 Å². The topological polar surface area (TPSA) is 89.7 Å². The predicted molar refractivity (Wildman–Crippen MR) is 112 cm³/mol. The first-order chi connectivity index (χ1) is 13.6. The van der Waals surface area contributed by atoms with E-state index >= 15 is 0 Å². The number of ketones is 1. The van der Waals surface area contributed by atoms with Gasteiger partial charge < -0.3 is 15.1 Å². The lowest BCUT2D eigenvalue weighted by atomic mass is 9.87. The highest BCUT2D eigenvalue weighted by molar-refractivity contribution is 6.33. The Kier molecular flexibility index (Phi) is 7.15. The Hall–Kier alpha value is -3.15. The molecule has 6 heteroatoms. The molecule has 2 aromatic rings. The molecular weight excluding hydrogens is 370 g/mol. The van der Waals surface area contributed by atoms with E-state index in [-0.39, 0.29) is 11.8 Å². The minimum atomic E-state index is -1.49. The van der Waals surface area contributed by atoms with Crippen LogP contribution in [-0.2, 0) is 21.4 Å². The molecule has 0 saturated carbocycles. The van der Waals surface area contributed by atoms with Gasteiger partial charge in [0.2, 0.25) is 11.5 Å². The van der Waals surface area contributed by atoms with Crippen LogP contribution in [0, 0.1) is 5.21 Å². The number of rotatable bonds is 8. The second-order valence-electron chi connectivity index (χ2n) is 7.92. The maximum Gasteiger partial charge on any atom is 0.372 e. The van der Waals surface area contributed by atoms with Gasteiger partial charge in [-0.25, -0.2) is 4.79 Å².